The average molecular weight is 465 g/mol. The van der Waals surface area contributed by atoms with Gasteiger partial charge in [0.1, 0.15) is 5.75 Å². The lowest BCUT2D eigenvalue weighted by molar-refractivity contribution is -0.274. The molecule has 2 atom stereocenters. The second-order valence-corrected chi connectivity index (χ2v) is 9.41. The van der Waals surface area contributed by atoms with Crippen LogP contribution >= 0.6 is 0 Å². The van der Waals surface area contributed by atoms with Gasteiger partial charge in [0, 0.05) is 49.9 Å². The third kappa shape index (κ3) is 5.20. The van der Waals surface area contributed by atoms with E-state index in [1.165, 1.54) is 25.0 Å². The maximum absolute atomic E-state index is 12.4. The summed E-state index contributed by atoms with van der Waals surface area (Å²) in [6, 6.07) is 9.24. The van der Waals surface area contributed by atoms with Crippen molar-refractivity contribution in [3.8, 4) is 11.4 Å². The summed E-state index contributed by atoms with van der Waals surface area (Å²) in [7, 11) is 0. The summed E-state index contributed by atoms with van der Waals surface area (Å²) < 4.78 is 48.5. The number of morpholine rings is 1. The largest absolute Gasteiger partial charge is 0.573 e. The molecule has 3 aliphatic heterocycles. The summed E-state index contributed by atoms with van der Waals surface area (Å²) in [4.78, 5) is 5.22. The summed E-state index contributed by atoms with van der Waals surface area (Å²) in [5.41, 5.74) is 2.81. The molecule has 4 heterocycles. The molecule has 3 saturated heterocycles. The minimum absolute atomic E-state index is 0.225. The second-order valence-electron chi connectivity index (χ2n) is 9.41. The molecule has 2 aromatic rings. The summed E-state index contributed by atoms with van der Waals surface area (Å²) in [6.45, 7) is 7.98. The molecule has 0 amide bonds. The van der Waals surface area contributed by atoms with Crippen molar-refractivity contribution in [1.29, 1.82) is 0 Å². The van der Waals surface area contributed by atoms with E-state index in [4.69, 9.17) is 9.84 Å². The number of aromatic nitrogens is 2. The Kier molecular flexibility index (Phi) is 6.37. The number of fused-ring (bicyclic) bond motifs is 2. The normalized spacial score (nSPS) is 26.6. The molecule has 0 saturated carbocycles. The van der Waals surface area contributed by atoms with Crippen LogP contribution in [0.5, 0.6) is 5.75 Å². The molecule has 0 radical (unpaired) electrons. The zero-order chi connectivity index (χ0) is 23.0. The first-order valence-corrected chi connectivity index (χ1v) is 11.8. The summed E-state index contributed by atoms with van der Waals surface area (Å²) in [6.07, 6.45) is 0.0604. The third-order valence-electron chi connectivity index (χ3n) is 7.30. The highest BCUT2D eigenvalue weighted by atomic mass is 19.4. The van der Waals surface area contributed by atoms with Gasteiger partial charge in [0.2, 0.25) is 0 Å². The van der Waals surface area contributed by atoms with Crippen LogP contribution in [0.1, 0.15) is 43.0 Å². The highest BCUT2D eigenvalue weighted by Crippen LogP contribution is 2.42. The van der Waals surface area contributed by atoms with Crippen LogP contribution in [0.4, 0.5) is 13.2 Å². The molecule has 2 bridgehead atoms. The number of benzene rings is 1. The maximum atomic E-state index is 12.4. The van der Waals surface area contributed by atoms with Crippen LogP contribution in [0.15, 0.2) is 30.3 Å². The van der Waals surface area contributed by atoms with Gasteiger partial charge < -0.3 is 9.47 Å². The molecule has 0 N–H and O–H groups in total. The van der Waals surface area contributed by atoms with Gasteiger partial charge in [-0.05, 0) is 62.9 Å². The molecule has 5 rings (SSSR count). The number of aryl methyl sites for hydroxylation is 1. The molecule has 33 heavy (non-hydrogen) atoms. The predicted molar refractivity (Wildman–Crippen MR) is 118 cm³/mol. The van der Waals surface area contributed by atoms with Crippen LogP contribution in [0.25, 0.3) is 5.69 Å². The van der Waals surface area contributed by atoms with E-state index in [9.17, 15) is 13.2 Å². The summed E-state index contributed by atoms with van der Waals surface area (Å²) >= 11 is 0. The quantitative estimate of drug-likeness (QED) is 0.644. The molecule has 9 heteroatoms. The molecule has 6 nitrogen and oxygen atoms in total. The van der Waals surface area contributed by atoms with Crippen LogP contribution in [0, 0.1) is 6.92 Å². The SMILES string of the molecule is Cc1cc(C2CC3CCC(C2)N3CCN2CCOCC2)nn1-c1ccc(OC(F)(F)F)cc1. The number of piperidine rings is 1. The minimum atomic E-state index is -4.69. The van der Waals surface area contributed by atoms with Gasteiger partial charge in [0.05, 0.1) is 24.6 Å². The number of halogens is 3. The number of hydrogen-bond acceptors (Lipinski definition) is 5. The molecule has 3 aliphatic rings. The Hall–Kier alpha value is -2.10. The van der Waals surface area contributed by atoms with Gasteiger partial charge in [-0.15, -0.1) is 13.2 Å². The lowest BCUT2D eigenvalue weighted by Gasteiger charge is -2.40. The Morgan fingerprint density at radius 2 is 1.70 bits per heavy atom. The molecule has 2 unspecified atom stereocenters. The monoisotopic (exact) mass is 464 g/mol. The fraction of sp³-hybridized carbons (Fsp3) is 0.625. The van der Waals surface area contributed by atoms with E-state index in [-0.39, 0.29) is 5.75 Å². The van der Waals surface area contributed by atoms with E-state index in [1.54, 1.807) is 12.1 Å². The van der Waals surface area contributed by atoms with Gasteiger partial charge in [-0.3, -0.25) is 9.80 Å². The zero-order valence-corrected chi connectivity index (χ0v) is 18.9. The van der Waals surface area contributed by atoms with Crippen molar-refractivity contribution in [2.75, 3.05) is 39.4 Å². The van der Waals surface area contributed by atoms with Crippen molar-refractivity contribution in [2.45, 2.75) is 57.0 Å². The lowest BCUT2D eigenvalue weighted by Crippen LogP contribution is -2.47. The number of rotatable bonds is 6. The maximum Gasteiger partial charge on any atom is 0.573 e. The Labute approximate surface area is 192 Å². The van der Waals surface area contributed by atoms with Crippen LogP contribution in [-0.2, 0) is 4.74 Å². The fourth-order valence-corrected chi connectivity index (χ4v) is 5.71. The van der Waals surface area contributed by atoms with Crippen molar-refractivity contribution < 1.29 is 22.6 Å². The van der Waals surface area contributed by atoms with E-state index in [1.807, 2.05) is 11.6 Å². The topological polar surface area (TPSA) is 42.8 Å². The van der Waals surface area contributed by atoms with Crippen molar-refractivity contribution in [3.63, 3.8) is 0 Å². The predicted octanol–water partition coefficient (Wildman–Crippen LogP) is 4.12. The molecule has 0 spiro atoms. The highest BCUT2D eigenvalue weighted by Gasteiger charge is 2.41. The van der Waals surface area contributed by atoms with Crippen molar-refractivity contribution >= 4 is 0 Å². The number of alkyl halides is 3. The Morgan fingerprint density at radius 1 is 1.03 bits per heavy atom. The van der Waals surface area contributed by atoms with Gasteiger partial charge in [-0.2, -0.15) is 5.10 Å². The van der Waals surface area contributed by atoms with Gasteiger partial charge in [0.15, 0.2) is 0 Å². The highest BCUT2D eigenvalue weighted by molar-refractivity contribution is 5.38. The van der Waals surface area contributed by atoms with Crippen molar-refractivity contribution in [1.82, 2.24) is 19.6 Å². The smallest absolute Gasteiger partial charge is 0.406 e. The molecule has 1 aromatic carbocycles. The first-order valence-electron chi connectivity index (χ1n) is 11.8. The molecular formula is C24H31F3N4O2. The average Bonchev–Trinajstić information content (AvgIpc) is 3.28. The van der Waals surface area contributed by atoms with E-state index in [2.05, 4.69) is 20.6 Å². The summed E-state index contributed by atoms with van der Waals surface area (Å²) in [5, 5.41) is 4.86. The van der Waals surface area contributed by atoms with Gasteiger partial charge in [-0.1, -0.05) is 0 Å². The van der Waals surface area contributed by atoms with Gasteiger partial charge in [0.25, 0.3) is 0 Å². The van der Waals surface area contributed by atoms with Crippen LogP contribution in [-0.4, -0.2) is 77.4 Å². The summed E-state index contributed by atoms with van der Waals surface area (Å²) in [5.74, 6) is 0.201. The zero-order valence-electron chi connectivity index (χ0n) is 18.9. The number of nitrogens with zero attached hydrogens (tertiary/aromatic N) is 4. The number of ether oxygens (including phenoxy) is 2. The van der Waals surface area contributed by atoms with Gasteiger partial charge in [-0.25, -0.2) is 4.68 Å². The van der Waals surface area contributed by atoms with Crippen LogP contribution < -0.4 is 4.74 Å². The lowest BCUT2D eigenvalue weighted by atomic mass is 9.88. The van der Waals surface area contributed by atoms with E-state index in [0.29, 0.717) is 18.0 Å². The van der Waals surface area contributed by atoms with Crippen molar-refractivity contribution in [3.05, 3.63) is 41.7 Å². The molecule has 3 fully saturated rings. The van der Waals surface area contributed by atoms with Crippen molar-refractivity contribution in [2.24, 2.45) is 0 Å². The fourth-order valence-electron chi connectivity index (χ4n) is 5.71. The van der Waals surface area contributed by atoms with Crippen LogP contribution in [0.3, 0.4) is 0 Å². The first-order chi connectivity index (χ1) is 15.9. The van der Waals surface area contributed by atoms with Crippen LogP contribution in [0.2, 0.25) is 0 Å². The Balaban J connectivity index is 1.23. The Bertz CT molecular complexity index is 926. The Morgan fingerprint density at radius 3 is 2.33 bits per heavy atom. The minimum Gasteiger partial charge on any atom is -0.406 e. The van der Waals surface area contributed by atoms with E-state index < -0.39 is 6.36 Å². The molecule has 180 valence electrons. The van der Waals surface area contributed by atoms with E-state index >= 15 is 0 Å². The first kappa shape index (κ1) is 22.7. The molecular weight excluding hydrogens is 433 g/mol. The third-order valence-corrected chi connectivity index (χ3v) is 7.30. The van der Waals surface area contributed by atoms with Gasteiger partial charge >= 0.3 is 6.36 Å². The number of hydrogen-bond donors (Lipinski definition) is 0. The standard InChI is InChI=1S/C24H31F3N4O2/c1-17-14-23(28-31(17)19-4-6-22(7-5-19)33-24(25,26)27)18-15-20-2-3-21(16-18)30(20)9-8-29-10-12-32-13-11-29/h4-7,14,18,20-21H,2-3,8-13,15-16H2,1H3. The molecule has 0 aliphatic carbocycles. The molecule has 1 aromatic heterocycles. The second kappa shape index (κ2) is 9.27. The van der Waals surface area contributed by atoms with E-state index in [0.717, 1.165) is 69.3 Å².